The monoisotopic (exact) mass is 271 g/mol. The van der Waals surface area contributed by atoms with Crippen molar-refractivity contribution in [2.45, 2.75) is 19.9 Å². The summed E-state index contributed by atoms with van der Waals surface area (Å²) in [6.07, 6.45) is 1.42. The van der Waals surface area contributed by atoms with Gasteiger partial charge in [0.2, 0.25) is 0 Å². The number of aromatic nitrogens is 1. The van der Waals surface area contributed by atoms with Crippen LogP contribution in [-0.2, 0) is 0 Å². The van der Waals surface area contributed by atoms with Gasteiger partial charge in [0.15, 0.2) is 5.43 Å². The topological polar surface area (TPSA) is 88.0 Å². The van der Waals surface area contributed by atoms with Crippen molar-refractivity contribution in [1.29, 1.82) is 0 Å². The summed E-state index contributed by atoms with van der Waals surface area (Å²) in [7, 11) is 0. The van der Waals surface area contributed by atoms with Crippen molar-refractivity contribution in [3.8, 4) is 0 Å². The molecule has 104 valence electrons. The minimum absolute atomic E-state index is 0.0944. The van der Waals surface area contributed by atoms with Gasteiger partial charge in [0, 0.05) is 23.6 Å². The molecule has 1 heterocycles. The largest absolute Gasteiger partial charge is 0.398 e. The number of hydrogen-bond donors (Lipinski definition) is 3. The smallest absolute Gasteiger partial charge is 0.257 e. The van der Waals surface area contributed by atoms with Gasteiger partial charge in [0.05, 0.1) is 6.04 Å². The van der Waals surface area contributed by atoms with Gasteiger partial charge in [-0.05, 0) is 25.5 Å². The number of benzene rings is 1. The number of nitrogens with one attached hydrogen (secondary N) is 2. The standard InChI is InChI=1S/C15H17N3O2/c1-9-7-14(19)12(8-17-9)15(20)18-10(2)11-5-3-4-6-13(11)16/h3-8,10H,16H2,1-2H3,(H,17,19)(H,18,20). The second kappa shape index (κ2) is 5.61. The van der Waals surface area contributed by atoms with Gasteiger partial charge in [0.25, 0.3) is 5.91 Å². The number of anilines is 1. The number of carbonyl (C=O) groups excluding carboxylic acids is 1. The van der Waals surface area contributed by atoms with Gasteiger partial charge in [-0.25, -0.2) is 0 Å². The molecule has 2 rings (SSSR count). The van der Waals surface area contributed by atoms with E-state index in [1.165, 1.54) is 12.3 Å². The zero-order chi connectivity index (χ0) is 14.7. The van der Waals surface area contributed by atoms with E-state index in [2.05, 4.69) is 10.3 Å². The number of carbonyl (C=O) groups is 1. The van der Waals surface area contributed by atoms with Crippen LogP contribution in [0, 0.1) is 6.92 Å². The normalized spacial score (nSPS) is 11.9. The first-order valence-corrected chi connectivity index (χ1v) is 6.33. The van der Waals surface area contributed by atoms with Gasteiger partial charge in [-0.15, -0.1) is 0 Å². The maximum absolute atomic E-state index is 12.1. The van der Waals surface area contributed by atoms with E-state index < -0.39 is 5.91 Å². The third-order valence-corrected chi connectivity index (χ3v) is 3.11. The summed E-state index contributed by atoms with van der Waals surface area (Å²) >= 11 is 0. The highest BCUT2D eigenvalue weighted by atomic mass is 16.2. The molecule has 1 unspecified atom stereocenters. The fourth-order valence-corrected chi connectivity index (χ4v) is 2.01. The van der Waals surface area contributed by atoms with Crippen molar-refractivity contribution in [1.82, 2.24) is 10.3 Å². The highest BCUT2D eigenvalue weighted by Crippen LogP contribution is 2.19. The minimum Gasteiger partial charge on any atom is -0.398 e. The van der Waals surface area contributed by atoms with Crippen LogP contribution in [0.3, 0.4) is 0 Å². The highest BCUT2D eigenvalue weighted by Gasteiger charge is 2.15. The Morgan fingerprint density at radius 2 is 2.05 bits per heavy atom. The molecule has 2 aromatic rings. The predicted molar refractivity (Wildman–Crippen MR) is 78.5 cm³/mol. The molecule has 0 radical (unpaired) electrons. The molecule has 1 aromatic carbocycles. The van der Waals surface area contributed by atoms with Crippen molar-refractivity contribution in [3.63, 3.8) is 0 Å². The lowest BCUT2D eigenvalue weighted by atomic mass is 10.1. The van der Waals surface area contributed by atoms with E-state index in [0.717, 1.165) is 5.56 Å². The quantitative estimate of drug-likeness (QED) is 0.743. The molecule has 0 saturated heterocycles. The Labute approximate surface area is 116 Å². The van der Waals surface area contributed by atoms with Gasteiger partial charge >= 0.3 is 0 Å². The van der Waals surface area contributed by atoms with Crippen molar-refractivity contribution in [2.24, 2.45) is 0 Å². The lowest BCUT2D eigenvalue weighted by molar-refractivity contribution is 0.0938. The molecule has 1 atom stereocenters. The molecule has 0 fully saturated rings. The van der Waals surface area contributed by atoms with Crippen LogP contribution in [0.15, 0.2) is 41.3 Å². The average Bonchev–Trinajstić information content (AvgIpc) is 2.38. The zero-order valence-electron chi connectivity index (χ0n) is 11.4. The first-order chi connectivity index (χ1) is 9.49. The van der Waals surface area contributed by atoms with E-state index in [1.54, 1.807) is 13.0 Å². The maximum atomic E-state index is 12.1. The predicted octanol–water partition coefficient (Wildman–Crippen LogP) is 1.76. The van der Waals surface area contributed by atoms with Crippen LogP contribution in [0.5, 0.6) is 0 Å². The van der Waals surface area contributed by atoms with E-state index in [0.29, 0.717) is 11.4 Å². The van der Waals surface area contributed by atoms with Crippen LogP contribution >= 0.6 is 0 Å². The van der Waals surface area contributed by atoms with E-state index in [-0.39, 0.29) is 17.0 Å². The number of H-pyrrole nitrogens is 1. The summed E-state index contributed by atoms with van der Waals surface area (Å²) in [6, 6.07) is 8.43. The fourth-order valence-electron chi connectivity index (χ4n) is 2.01. The molecule has 0 bridgehead atoms. The number of aromatic amines is 1. The minimum atomic E-state index is -0.415. The number of rotatable bonds is 3. The van der Waals surface area contributed by atoms with Gasteiger partial charge in [-0.3, -0.25) is 9.59 Å². The summed E-state index contributed by atoms with van der Waals surface area (Å²) in [4.78, 5) is 26.7. The van der Waals surface area contributed by atoms with Crippen molar-refractivity contribution in [3.05, 3.63) is 63.6 Å². The number of nitrogens with two attached hydrogens (primary N) is 1. The molecule has 0 aliphatic rings. The molecule has 1 aromatic heterocycles. The van der Waals surface area contributed by atoms with Gasteiger partial charge in [-0.2, -0.15) is 0 Å². The summed E-state index contributed by atoms with van der Waals surface area (Å²) in [5.74, 6) is -0.415. The van der Waals surface area contributed by atoms with E-state index in [1.807, 2.05) is 25.1 Å². The first kappa shape index (κ1) is 13.9. The lowest BCUT2D eigenvalue weighted by Crippen LogP contribution is -2.31. The molecule has 5 heteroatoms. The average molecular weight is 271 g/mol. The lowest BCUT2D eigenvalue weighted by Gasteiger charge is -2.16. The van der Waals surface area contributed by atoms with Crippen molar-refractivity contribution < 1.29 is 4.79 Å². The van der Waals surface area contributed by atoms with E-state index in [9.17, 15) is 9.59 Å². The molecule has 0 aliphatic heterocycles. The molecule has 0 aliphatic carbocycles. The molecule has 5 nitrogen and oxygen atoms in total. The summed E-state index contributed by atoms with van der Waals surface area (Å²) in [6.45, 7) is 3.59. The number of amides is 1. The van der Waals surface area contributed by atoms with Crippen LogP contribution in [-0.4, -0.2) is 10.9 Å². The second-order valence-corrected chi connectivity index (χ2v) is 4.72. The summed E-state index contributed by atoms with van der Waals surface area (Å²) < 4.78 is 0. The van der Waals surface area contributed by atoms with E-state index in [4.69, 9.17) is 5.73 Å². The third kappa shape index (κ3) is 2.88. The van der Waals surface area contributed by atoms with Crippen LogP contribution < -0.4 is 16.5 Å². The summed E-state index contributed by atoms with van der Waals surface area (Å²) in [5.41, 5.74) is 7.81. The Hall–Kier alpha value is -2.56. The number of aryl methyl sites for hydroxylation is 1. The van der Waals surface area contributed by atoms with Crippen molar-refractivity contribution >= 4 is 11.6 Å². The van der Waals surface area contributed by atoms with Crippen LogP contribution in [0.2, 0.25) is 0 Å². The number of pyridine rings is 1. The number of para-hydroxylation sites is 1. The van der Waals surface area contributed by atoms with Crippen LogP contribution in [0.1, 0.15) is 34.6 Å². The molecule has 1 amide bonds. The van der Waals surface area contributed by atoms with E-state index >= 15 is 0 Å². The molecule has 0 saturated carbocycles. The molecular weight excluding hydrogens is 254 g/mol. The van der Waals surface area contributed by atoms with Crippen LogP contribution in [0.25, 0.3) is 0 Å². The maximum Gasteiger partial charge on any atom is 0.257 e. The number of hydrogen-bond acceptors (Lipinski definition) is 3. The Morgan fingerprint density at radius 1 is 1.35 bits per heavy atom. The molecular formula is C15H17N3O2. The Bertz CT molecular complexity index is 692. The van der Waals surface area contributed by atoms with Gasteiger partial charge in [-0.1, -0.05) is 18.2 Å². The number of nitrogen functional groups attached to an aromatic ring is 1. The molecule has 4 N–H and O–H groups in total. The van der Waals surface area contributed by atoms with Crippen molar-refractivity contribution in [2.75, 3.05) is 5.73 Å². The molecule has 20 heavy (non-hydrogen) atoms. The van der Waals surface area contributed by atoms with Gasteiger partial charge in [0.1, 0.15) is 5.56 Å². The summed E-state index contributed by atoms with van der Waals surface area (Å²) in [5, 5.41) is 2.77. The fraction of sp³-hybridized carbons (Fsp3) is 0.200. The van der Waals surface area contributed by atoms with Gasteiger partial charge < -0.3 is 16.0 Å². The highest BCUT2D eigenvalue weighted by molar-refractivity contribution is 5.94. The first-order valence-electron chi connectivity index (χ1n) is 6.33. The Balaban J connectivity index is 2.20. The molecule has 0 spiro atoms. The third-order valence-electron chi connectivity index (χ3n) is 3.11. The second-order valence-electron chi connectivity index (χ2n) is 4.72. The SMILES string of the molecule is Cc1cc(=O)c(C(=O)NC(C)c2ccccc2N)c[nH]1. The Morgan fingerprint density at radius 3 is 2.70 bits per heavy atom. The zero-order valence-corrected chi connectivity index (χ0v) is 11.4. The Kier molecular flexibility index (Phi) is 3.89. The van der Waals surface area contributed by atoms with Crippen LogP contribution in [0.4, 0.5) is 5.69 Å².